The number of anilines is 3. The van der Waals surface area contributed by atoms with Crippen LogP contribution < -0.4 is 17.2 Å². The maximum atomic E-state index is 5.92. The Morgan fingerprint density at radius 1 is 0.765 bits per heavy atom. The predicted octanol–water partition coefficient (Wildman–Crippen LogP) is 4.46. The number of halogens is 3. The summed E-state index contributed by atoms with van der Waals surface area (Å²) in [6.45, 7) is 0. The van der Waals surface area contributed by atoms with Crippen molar-refractivity contribution in [3.05, 3.63) is 71.9 Å². The van der Waals surface area contributed by atoms with Crippen LogP contribution in [-0.4, -0.2) is 24.7 Å². The molecule has 174 valence electrons. The summed E-state index contributed by atoms with van der Waals surface area (Å²) in [7, 11) is 0. The minimum atomic E-state index is 0. The van der Waals surface area contributed by atoms with Gasteiger partial charge in [-0.25, -0.2) is 19.6 Å². The first-order valence-corrected chi connectivity index (χ1v) is 9.84. The first-order chi connectivity index (χ1) is 15.1. The van der Waals surface area contributed by atoms with Crippen molar-refractivity contribution in [2.24, 2.45) is 0 Å². The normalized spacial score (nSPS) is 11.1. The third-order valence-corrected chi connectivity index (χ3v) is 5.68. The SMILES string of the molecule is Cl.Cl.Cl.Nc1nc(-c2nn(-c3ccc4c(c3)Cc3ccccc3-4)c3ncccc23)nc(N)c1N. The van der Waals surface area contributed by atoms with Gasteiger partial charge in [-0.3, -0.25) is 0 Å². The Bertz CT molecular complexity index is 1490. The molecule has 6 N–H and O–H groups in total. The van der Waals surface area contributed by atoms with Crippen LogP contribution in [0.5, 0.6) is 0 Å². The van der Waals surface area contributed by atoms with E-state index in [4.69, 9.17) is 22.3 Å². The van der Waals surface area contributed by atoms with E-state index >= 15 is 0 Å². The summed E-state index contributed by atoms with van der Waals surface area (Å²) in [5.74, 6) is 0.572. The number of aromatic nitrogens is 5. The molecule has 1 aliphatic rings. The van der Waals surface area contributed by atoms with E-state index in [0.717, 1.165) is 17.5 Å². The van der Waals surface area contributed by atoms with Gasteiger partial charge in [0.1, 0.15) is 11.4 Å². The molecule has 0 radical (unpaired) electrons. The smallest absolute Gasteiger partial charge is 0.184 e. The molecule has 6 rings (SSSR count). The molecule has 0 saturated carbocycles. The zero-order chi connectivity index (χ0) is 21.1. The molecule has 0 fully saturated rings. The Kier molecular flexibility index (Phi) is 6.88. The lowest BCUT2D eigenvalue weighted by molar-refractivity contribution is 0.894. The van der Waals surface area contributed by atoms with Crippen LogP contribution in [0, 0.1) is 0 Å². The largest absolute Gasteiger partial charge is 0.393 e. The molecule has 0 aliphatic heterocycles. The van der Waals surface area contributed by atoms with Gasteiger partial charge in [0.15, 0.2) is 23.1 Å². The maximum Gasteiger partial charge on any atom is 0.184 e. The quantitative estimate of drug-likeness (QED) is 0.310. The third-order valence-electron chi connectivity index (χ3n) is 5.68. The topological polar surface area (TPSA) is 135 Å². The van der Waals surface area contributed by atoms with E-state index in [0.29, 0.717) is 17.2 Å². The second-order valence-electron chi connectivity index (χ2n) is 7.54. The molecule has 34 heavy (non-hydrogen) atoms. The van der Waals surface area contributed by atoms with Crippen LogP contribution in [0.4, 0.5) is 17.3 Å². The lowest BCUT2D eigenvalue weighted by Gasteiger charge is -2.06. The van der Waals surface area contributed by atoms with Crippen molar-refractivity contribution >= 4 is 65.6 Å². The summed E-state index contributed by atoms with van der Waals surface area (Å²) in [4.78, 5) is 13.2. The molecule has 0 unspecified atom stereocenters. The Balaban J connectivity index is 0.00000108. The molecule has 11 heteroatoms. The highest BCUT2D eigenvalue weighted by Crippen LogP contribution is 2.38. The fourth-order valence-electron chi connectivity index (χ4n) is 4.17. The van der Waals surface area contributed by atoms with Gasteiger partial charge < -0.3 is 17.2 Å². The number of hydrogen-bond donors (Lipinski definition) is 3. The van der Waals surface area contributed by atoms with E-state index in [-0.39, 0.29) is 54.5 Å². The van der Waals surface area contributed by atoms with Crippen molar-refractivity contribution in [2.45, 2.75) is 6.42 Å². The number of pyridine rings is 1. The first kappa shape index (κ1) is 25.0. The Morgan fingerprint density at radius 2 is 1.47 bits per heavy atom. The molecular formula is C23H21Cl3N8. The molecule has 8 nitrogen and oxygen atoms in total. The molecule has 2 aromatic carbocycles. The number of rotatable bonds is 2. The van der Waals surface area contributed by atoms with E-state index in [9.17, 15) is 0 Å². The number of nitrogens with zero attached hydrogens (tertiary/aromatic N) is 5. The van der Waals surface area contributed by atoms with Gasteiger partial charge >= 0.3 is 0 Å². The lowest BCUT2D eigenvalue weighted by atomic mass is 10.1. The van der Waals surface area contributed by atoms with E-state index in [1.165, 1.54) is 22.3 Å². The number of fused-ring (bicyclic) bond motifs is 4. The van der Waals surface area contributed by atoms with Crippen molar-refractivity contribution in [3.8, 4) is 28.3 Å². The van der Waals surface area contributed by atoms with Gasteiger partial charge in [-0.2, -0.15) is 5.10 Å². The van der Waals surface area contributed by atoms with Gasteiger partial charge in [-0.1, -0.05) is 30.3 Å². The zero-order valence-electron chi connectivity index (χ0n) is 17.7. The monoisotopic (exact) mass is 514 g/mol. The highest BCUT2D eigenvalue weighted by molar-refractivity contribution is 5.91. The molecule has 3 heterocycles. The van der Waals surface area contributed by atoms with Crippen molar-refractivity contribution in [2.75, 3.05) is 17.2 Å². The highest BCUT2D eigenvalue weighted by atomic mass is 35.5. The molecule has 5 aromatic rings. The average Bonchev–Trinajstić information content (AvgIpc) is 3.35. The number of hydrogen-bond acceptors (Lipinski definition) is 7. The van der Waals surface area contributed by atoms with E-state index in [1.54, 1.807) is 10.9 Å². The summed E-state index contributed by atoms with van der Waals surface area (Å²) in [5, 5.41) is 5.59. The Hall–Kier alpha value is -3.59. The predicted molar refractivity (Wildman–Crippen MR) is 143 cm³/mol. The van der Waals surface area contributed by atoms with Gasteiger partial charge in [0.25, 0.3) is 0 Å². The minimum absolute atomic E-state index is 0. The highest BCUT2D eigenvalue weighted by Gasteiger charge is 2.21. The van der Waals surface area contributed by atoms with E-state index < -0.39 is 0 Å². The maximum absolute atomic E-state index is 5.92. The zero-order valence-corrected chi connectivity index (χ0v) is 20.1. The van der Waals surface area contributed by atoms with Crippen LogP contribution in [0.2, 0.25) is 0 Å². The van der Waals surface area contributed by atoms with Crippen LogP contribution in [0.3, 0.4) is 0 Å². The Labute approximate surface area is 213 Å². The second kappa shape index (κ2) is 9.34. The van der Waals surface area contributed by atoms with Gasteiger partial charge in [0, 0.05) is 6.20 Å². The summed E-state index contributed by atoms with van der Waals surface area (Å²) < 4.78 is 1.81. The molecular weight excluding hydrogens is 495 g/mol. The van der Waals surface area contributed by atoms with Gasteiger partial charge in [-0.15, -0.1) is 37.2 Å². The van der Waals surface area contributed by atoms with Crippen LogP contribution in [-0.2, 0) is 6.42 Å². The van der Waals surface area contributed by atoms with Crippen LogP contribution >= 0.6 is 37.2 Å². The lowest BCUT2D eigenvalue weighted by Crippen LogP contribution is -2.07. The Morgan fingerprint density at radius 3 is 2.24 bits per heavy atom. The van der Waals surface area contributed by atoms with Crippen molar-refractivity contribution in [1.82, 2.24) is 24.7 Å². The number of nitrogen functional groups attached to an aromatic ring is 3. The molecule has 0 saturated heterocycles. The molecule has 3 aromatic heterocycles. The third kappa shape index (κ3) is 3.75. The second-order valence-corrected chi connectivity index (χ2v) is 7.54. The fraction of sp³-hybridized carbons (Fsp3) is 0.0435. The fourth-order valence-corrected chi connectivity index (χ4v) is 4.17. The first-order valence-electron chi connectivity index (χ1n) is 9.84. The van der Waals surface area contributed by atoms with Crippen LogP contribution in [0.25, 0.3) is 39.4 Å². The molecule has 0 spiro atoms. The summed E-state index contributed by atoms with van der Waals surface area (Å²) in [6, 6.07) is 18.6. The molecule has 0 amide bonds. The number of nitrogens with two attached hydrogens (primary N) is 3. The van der Waals surface area contributed by atoms with Gasteiger partial charge in [-0.05, 0) is 52.9 Å². The minimum Gasteiger partial charge on any atom is -0.393 e. The summed E-state index contributed by atoms with van der Waals surface area (Å²) in [6.07, 6.45) is 2.63. The van der Waals surface area contributed by atoms with Crippen molar-refractivity contribution in [1.29, 1.82) is 0 Å². The van der Waals surface area contributed by atoms with Crippen LogP contribution in [0.15, 0.2) is 60.8 Å². The molecule has 1 aliphatic carbocycles. The molecule has 0 atom stereocenters. The van der Waals surface area contributed by atoms with Crippen LogP contribution in [0.1, 0.15) is 11.1 Å². The van der Waals surface area contributed by atoms with E-state index in [1.807, 2.05) is 12.1 Å². The van der Waals surface area contributed by atoms with Gasteiger partial charge in [0.2, 0.25) is 0 Å². The summed E-state index contributed by atoms with van der Waals surface area (Å²) in [5.41, 5.74) is 25.1. The number of benzene rings is 2. The van der Waals surface area contributed by atoms with Gasteiger partial charge in [0.05, 0.1) is 11.1 Å². The standard InChI is InChI=1S/C23H18N8.3ClH/c24-18-20(25)28-22(29-21(18)26)19-17-6-3-9-27-23(17)31(30-19)14-7-8-16-13(11-14)10-12-4-1-2-5-15(12)16;;;/h1-9,11H,10,24H2,(H4,25,26,28,29);3*1H. The van der Waals surface area contributed by atoms with Crippen molar-refractivity contribution < 1.29 is 0 Å². The van der Waals surface area contributed by atoms with E-state index in [2.05, 4.69) is 57.4 Å². The summed E-state index contributed by atoms with van der Waals surface area (Å²) >= 11 is 0. The van der Waals surface area contributed by atoms with Crippen molar-refractivity contribution in [3.63, 3.8) is 0 Å². The molecule has 0 bridgehead atoms. The average molecular weight is 516 g/mol.